The van der Waals surface area contributed by atoms with Crippen LogP contribution in [0.3, 0.4) is 0 Å². The van der Waals surface area contributed by atoms with Crippen LogP contribution in [0.4, 0.5) is 30.5 Å². The lowest BCUT2D eigenvalue weighted by Gasteiger charge is -2.35. The first-order valence-electron chi connectivity index (χ1n) is 14.9. The van der Waals surface area contributed by atoms with Crippen molar-refractivity contribution >= 4 is 62.2 Å². The second-order valence-electron chi connectivity index (χ2n) is 11.3. The number of hydrogen-bond acceptors (Lipinski definition) is 9. The van der Waals surface area contributed by atoms with E-state index in [0.717, 1.165) is 22.1 Å². The maximum atomic E-state index is 13.8. The summed E-state index contributed by atoms with van der Waals surface area (Å²) in [4.78, 5) is 46.1. The van der Waals surface area contributed by atoms with Crippen LogP contribution in [0.15, 0.2) is 72.5 Å². The second-order valence-corrected chi connectivity index (χ2v) is 12.6. The van der Waals surface area contributed by atoms with Gasteiger partial charge in [-0.25, -0.2) is 15.0 Å². The molecule has 2 aliphatic heterocycles. The topological polar surface area (TPSA) is 94.6 Å². The molecule has 5 aromatic rings. The molecule has 3 aromatic heterocycles. The van der Waals surface area contributed by atoms with Crippen molar-refractivity contribution in [2.24, 2.45) is 0 Å². The molecule has 0 radical (unpaired) electrons. The maximum Gasteiger partial charge on any atom is 0.416 e. The van der Waals surface area contributed by atoms with Crippen LogP contribution in [-0.2, 0) is 12.7 Å². The third kappa shape index (κ3) is 6.20. The van der Waals surface area contributed by atoms with Crippen LogP contribution in [0.2, 0.25) is 5.02 Å². The zero-order valence-electron chi connectivity index (χ0n) is 24.8. The molecule has 0 bridgehead atoms. The average Bonchev–Trinajstić information content (AvgIpc) is 3.57. The first kappa shape index (κ1) is 30.9. The summed E-state index contributed by atoms with van der Waals surface area (Å²) in [7, 11) is 0. The van der Waals surface area contributed by atoms with Crippen LogP contribution in [-0.4, -0.2) is 70.8 Å². The van der Waals surface area contributed by atoms with Gasteiger partial charge in [0.2, 0.25) is 0 Å². The lowest BCUT2D eigenvalue weighted by Crippen LogP contribution is -2.49. The van der Waals surface area contributed by atoms with Gasteiger partial charge in [0.05, 0.1) is 21.5 Å². The molecule has 240 valence electrons. The highest BCUT2D eigenvalue weighted by Gasteiger charge is 2.34. The van der Waals surface area contributed by atoms with Crippen LogP contribution >= 0.6 is 22.9 Å². The zero-order valence-corrected chi connectivity index (χ0v) is 26.4. The van der Waals surface area contributed by atoms with Gasteiger partial charge in [0.1, 0.15) is 18.0 Å². The number of halogens is 4. The minimum atomic E-state index is -4.55. The van der Waals surface area contributed by atoms with Crippen LogP contribution in [0.1, 0.15) is 37.4 Å². The molecule has 0 saturated carbocycles. The molecule has 1 fully saturated rings. The molecule has 1 amide bonds. The first-order chi connectivity index (χ1) is 22.7. The van der Waals surface area contributed by atoms with Gasteiger partial charge in [-0.05, 0) is 53.4 Å². The normalized spacial score (nSPS) is 15.0. The van der Waals surface area contributed by atoms with Crippen LogP contribution in [0.25, 0.3) is 10.2 Å². The van der Waals surface area contributed by atoms with Crippen LogP contribution < -0.4 is 15.1 Å². The number of rotatable bonds is 6. The monoisotopic (exact) mass is 677 g/mol. The number of fused-ring (bicyclic) bond motifs is 2. The molecule has 1 N–H and O–H groups in total. The minimum Gasteiger partial charge on any atom is -0.367 e. The quantitative estimate of drug-likeness (QED) is 0.207. The standard InChI is InChI=1S/C33H27ClF3N7O2S/c34-24-4-5-25(33(35,36)37)23(15-24)18-44-8-7-38-30-27(44)16-22(17-39-30)28(45)20-2-1-3-21(14-20)32(46)43-11-9-42(10-12-43)31-29-26(6-13-47-29)40-19-41-31/h1-6,13-17,19H,7-12,18H2,(H,38,39). The van der Waals surface area contributed by atoms with Gasteiger partial charge in [0.15, 0.2) is 5.78 Å². The lowest BCUT2D eigenvalue weighted by atomic mass is 10.0. The van der Waals surface area contributed by atoms with Gasteiger partial charge in [-0.3, -0.25) is 9.59 Å². The molecule has 2 aromatic carbocycles. The molecule has 1 saturated heterocycles. The molecule has 2 aliphatic rings. The van der Waals surface area contributed by atoms with E-state index in [4.69, 9.17) is 11.6 Å². The molecule has 9 nitrogen and oxygen atoms in total. The van der Waals surface area contributed by atoms with E-state index in [1.54, 1.807) is 57.8 Å². The molecule has 5 heterocycles. The number of benzene rings is 2. The first-order valence-corrected chi connectivity index (χ1v) is 16.1. The molecule has 14 heteroatoms. The van der Waals surface area contributed by atoms with Crippen molar-refractivity contribution in [3.8, 4) is 0 Å². The third-order valence-electron chi connectivity index (χ3n) is 8.34. The number of piperazine rings is 1. The summed E-state index contributed by atoms with van der Waals surface area (Å²) in [5.74, 6) is 0.802. The van der Waals surface area contributed by atoms with E-state index in [1.165, 1.54) is 18.3 Å². The van der Waals surface area contributed by atoms with Crippen LogP contribution in [0.5, 0.6) is 0 Å². The maximum absolute atomic E-state index is 13.8. The Labute approximate surface area is 276 Å². The number of nitrogens with zero attached hydrogens (tertiary/aromatic N) is 6. The number of carbonyl (C=O) groups is 2. The van der Waals surface area contributed by atoms with Crippen LogP contribution in [0, 0.1) is 0 Å². The highest BCUT2D eigenvalue weighted by atomic mass is 35.5. The highest BCUT2D eigenvalue weighted by Crippen LogP contribution is 2.36. The molecule has 0 spiro atoms. The van der Waals surface area contributed by atoms with E-state index >= 15 is 0 Å². The molecular formula is C33H27ClF3N7O2S. The van der Waals surface area contributed by atoms with E-state index in [2.05, 4.69) is 25.2 Å². The molecule has 0 atom stereocenters. The third-order valence-corrected chi connectivity index (χ3v) is 9.48. The summed E-state index contributed by atoms with van der Waals surface area (Å²) in [6, 6.07) is 13.7. The smallest absolute Gasteiger partial charge is 0.367 e. The number of pyridine rings is 1. The van der Waals surface area contributed by atoms with Crippen molar-refractivity contribution in [3.05, 3.63) is 105 Å². The van der Waals surface area contributed by atoms with Crippen molar-refractivity contribution < 1.29 is 22.8 Å². The van der Waals surface area contributed by atoms with Gasteiger partial charge in [-0.2, -0.15) is 13.2 Å². The lowest BCUT2D eigenvalue weighted by molar-refractivity contribution is -0.138. The number of anilines is 3. The SMILES string of the molecule is O=C(c1cccc(C(=O)N2CCN(c3ncnc4ccsc34)CC2)c1)c1cnc2c(c1)N(Cc1cc(Cl)ccc1C(F)(F)F)CCN2. The Bertz CT molecular complexity index is 1990. The predicted octanol–water partition coefficient (Wildman–Crippen LogP) is 6.38. The van der Waals surface area contributed by atoms with Gasteiger partial charge < -0.3 is 20.0 Å². The fourth-order valence-corrected chi connectivity index (χ4v) is 7.05. The zero-order chi connectivity index (χ0) is 32.7. The minimum absolute atomic E-state index is 0.0264. The van der Waals surface area contributed by atoms with Gasteiger partial charge in [-0.1, -0.05) is 23.7 Å². The Balaban J connectivity index is 1.08. The van der Waals surface area contributed by atoms with Gasteiger partial charge in [0.25, 0.3) is 5.91 Å². The number of aromatic nitrogens is 3. The van der Waals surface area contributed by atoms with E-state index < -0.39 is 11.7 Å². The number of carbonyl (C=O) groups excluding carboxylic acids is 2. The summed E-state index contributed by atoms with van der Waals surface area (Å²) in [6.45, 7) is 2.99. The summed E-state index contributed by atoms with van der Waals surface area (Å²) in [6.07, 6.45) is -1.56. The fraction of sp³-hybridized carbons (Fsp3) is 0.242. The Morgan fingerprint density at radius 1 is 0.915 bits per heavy atom. The summed E-state index contributed by atoms with van der Waals surface area (Å²) in [5, 5.41) is 5.33. The highest BCUT2D eigenvalue weighted by molar-refractivity contribution is 7.17. The van der Waals surface area contributed by atoms with Gasteiger partial charge in [-0.15, -0.1) is 11.3 Å². The van der Waals surface area contributed by atoms with Gasteiger partial charge >= 0.3 is 6.18 Å². The number of ketones is 1. The van der Waals surface area contributed by atoms with Crippen molar-refractivity contribution in [3.63, 3.8) is 0 Å². The number of hydrogen-bond donors (Lipinski definition) is 1. The van der Waals surface area contributed by atoms with Crippen molar-refractivity contribution in [2.45, 2.75) is 12.7 Å². The fourth-order valence-electron chi connectivity index (χ4n) is 5.99. The Kier molecular flexibility index (Phi) is 8.18. The van der Waals surface area contributed by atoms with E-state index in [-0.39, 0.29) is 34.4 Å². The average molecular weight is 678 g/mol. The van der Waals surface area contributed by atoms with Crippen molar-refractivity contribution in [1.29, 1.82) is 0 Å². The van der Waals surface area contributed by atoms with Crippen molar-refractivity contribution in [2.75, 3.05) is 54.4 Å². The number of amides is 1. The summed E-state index contributed by atoms with van der Waals surface area (Å²) >= 11 is 7.65. The Morgan fingerprint density at radius 3 is 2.53 bits per heavy atom. The number of alkyl halides is 3. The Morgan fingerprint density at radius 2 is 1.72 bits per heavy atom. The number of nitrogens with one attached hydrogen (secondary N) is 1. The second kappa shape index (κ2) is 12.5. The largest absolute Gasteiger partial charge is 0.416 e. The van der Waals surface area contributed by atoms with Crippen molar-refractivity contribution in [1.82, 2.24) is 19.9 Å². The van der Waals surface area contributed by atoms with E-state index in [1.807, 2.05) is 11.4 Å². The summed E-state index contributed by atoms with van der Waals surface area (Å²) in [5.41, 5.74) is 1.61. The Hall–Kier alpha value is -4.75. The van der Waals surface area contributed by atoms with E-state index in [9.17, 15) is 22.8 Å². The molecule has 47 heavy (non-hydrogen) atoms. The molecule has 0 unspecified atom stereocenters. The molecular weight excluding hydrogens is 651 g/mol. The summed E-state index contributed by atoms with van der Waals surface area (Å²) < 4.78 is 42.3. The van der Waals surface area contributed by atoms with E-state index in [0.29, 0.717) is 61.9 Å². The molecule has 0 aliphatic carbocycles. The van der Waals surface area contributed by atoms with Gasteiger partial charge in [0, 0.05) is 73.7 Å². The molecule has 7 rings (SSSR count). The predicted molar refractivity (Wildman–Crippen MR) is 176 cm³/mol. The number of thiophene rings is 1.